The lowest BCUT2D eigenvalue weighted by molar-refractivity contribution is -0.120. The van der Waals surface area contributed by atoms with Crippen molar-refractivity contribution in [3.63, 3.8) is 0 Å². The van der Waals surface area contributed by atoms with Gasteiger partial charge in [-0.2, -0.15) is 10.2 Å². The molecule has 2 aromatic heterocycles. The molecule has 3 heterocycles. The lowest BCUT2D eigenvalue weighted by Crippen LogP contribution is -2.38. The van der Waals surface area contributed by atoms with Crippen LogP contribution in [0.3, 0.4) is 0 Å². The number of nitrogens with zero attached hydrogens (tertiary/aromatic N) is 3. The third-order valence-electron chi connectivity index (χ3n) is 5.06. The topological polar surface area (TPSA) is 95.3 Å². The van der Waals surface area contributed by atoms with Gasteiger partial charge in [0.15, 0.2) is 5.76 Å². The second-order valence-electron chi connectivity index (χ2n) is 6.97. The van der Waals surface area contributed by atoms with Gasteiger partial charge in [0, 0.05) is 29.7 Å². The second kappa shape index (κ2) is 8.02. The molecule has 4 rings (SSSR count). The van der Waals surface area contributed by atoms with E-state index in [1.165, 1.54) is 6.26 Å². The van der Waals surface area contributed by atoms with Crippen molar-refractivity contribution >= 4 is 29.1 Å². The molecule has 1 amide bonds. The number of carbonyl (C=O) groups excluding carboxylic acids is 1. The number of piperidine rings is 1. The molecule has 3 aromatic rings. The first-order chi connectivity index (χ1) is 14.0. The third-order valence-corrected chi connectivity index (χ3v) is 5.29. The Morgan fingerprint density at radius 3 is 2.83 bits per heavy atom. The zero-order valence-electron chi connectivity index (χ0n) is 15.8. The number of rotatable bonds is 4. The number of aromatic nitrogens is 1. The van der Waals surface area contributed by atoms with Gasteiger partial charge in [0.2, 0.25) is 17.5 Å². The first-order valence-electron chi connectivity index (χ1n) is 9.32. The summed E-state index contributed by atoms with van der Waals surface area (Å²) in [4.78, 5) is 18.9. The van der Waals surface area contributed by atoms with Crippen molar-refractivity contribution in [2.45, 2.75) is 19.8 Å². The number of nitriles is 1. The average Bonchev–Trinajstić information content (AvgIpc) is 3.40. The average molecular weight is 411 g/mol. The number of furan rings is 1. The molecule has 1 fully saturated rings. The maximum Gasteiger partial charge on any atom is 0.266 e. The van der Waals surface area contributed by atoms with Gasteiger partial charge in [-0.25, -0.2) is 0 Å². The summed E-state index contributed by atoms with van der Waals surface area (Å²) >= 11 is 6.03. The van der Waals surface area contributed by atoms with Gasteiger partial charge in [0.25, 0.3) is 5.89 Å². The van der Waals surface area contributed by atoms with E-state index in [0.717, 1.165) is 11.3 Å². The van der Waals surface area contributed by atoms with Crippen molar-refractivity contribution in [1.82, 2.24) is 4.98 Å². The lowest BCUT2D eigenvalue weighted by atomic mass is 9.95. The fourth-order valence-electron chi connectivity index (χ4n) is 3.41. The monoisotopic (exact) mass is 410 g/mol. The Bertz CT molecular complexity index is 1060. The van der Waals surface area contributed by atoms with E-state index in [2.05, 4.69) is 16.4 Å². The first-order valence-corrected chi connectivity index (χ1v) is 9.69. The number of aryl methyl sites for hydroxylation is 1. The Kier molecular flexibility index (Phi) is 5.28. The van der Waals surface area contributed by atoms with Gasteiger partial charge in [-0.1, -0.05) is 17.7 Å². The molecule has 1 N–H and O–H groups in total. The van der Waals surface area contributed by atoms with E-state index < -0.39 is 0 Å². The second-order valence-corrected chi connectivity index (χ2v) is 7.41. The normalized spacial score (nSPS) is 14.6. The van der Waals surface area contributed by atoms with Crippen molar-refractivity contribution in [2.75, 3.05) is 23.3 Å². The molecule has 1 aromatic carbocycles. The number of oxazole rings is 1. The summed E-state index contributed by atoms with van der Waals surface area (Å²) in [5.74, 6) is 1.02. The van der Waals surface area contributed by atoms with Crippen LogP contribution in [0.25, 0.3) is 11.7 Å². The van der Waals surface area contributed by atoms with E-state index in [4.69, 9.17) is 20.4 Å². The Hall–Kier alpha value is -3.24. The molecule has 0 spiro atoms. The predicted molar refractivity (Wildman–Crippen MR) is 109 cm³/mol. The fourth-order valence-corrected chi connectivity index (χ4v) is 3.59. The molecule has 1 aliphatic heterocycles. The van der Waals surface area contributed by atoms with Gasteiger partial charge in [0.05, 0.1) is 6.26 Å². The summed E-state index contributed by atoms with van der Waals surface area (Å²) in [6, 6.07) is 11.0. The van der Waals surface area contributed by atoms with Crippen molar-refractivity contribution in [1.29, 1.82) is 5.26 Å². The highest BCUT2D eigenvalue weighted by atomic mass is 35.5. The highest BCUT2D eigenvalue weighted by Gasteiger charge is 2.29. The summed E-state index contributed by atoms with van der Waals surface area (Å²) in [6.07, 6.45) is 2.82. The van der Waals surface area contributed by atoms with Gasteiger partial charge < -0.3 is 19.1 Å². The molecule has 7 nitrogen and oxygen atoms in total. The Balaban J connectivity index is 1.42. The quantitative estimate of drug-likeness (QED) is 0.674. The number of amides is 1. The Morgan fingerprint density at radius 2 is 2.14 bits per heavy atom. The third kappa shape index (κ3) is 3.98. The first kappa shape index (κ1) is 19.1. The fraction of sp³-hybridized carbons (Fsp3) is 0.286. The van der Waals surface area contributed by atoms with E-state index in [1.807, 2.05) is 17.9 Å². The molecule has 8 heteroatoms. The van der Waals surface area contributed by atoms with Crippen LogP contribution in [0.5, 0.6) is 0 Å². The van der Waals surface area contributed by atoms with Crippen LogP contribution in [-0.2, 0) is 4.79 Å². The van der Waals surface area contributed by atoms with E-state index in [-0.39, 0.29) is 23.4 Å². The van der Waals surface area contributed by atoms with Gasteiger partial charge in [-0.3, -0.25) is 4.79 Å². The number of nitrogens with one attached hydrogen (secondary N) is 1. The van der Waals surface area contributed by atoms with E-state index in [9.17, 15) is 10.1 Å². The van der Waals surface area contributed by atoms with Crippen LogP contribution in [-0.4, -0.2) is 24.0 Å². The minimum atomic E-state index is -0.123. The summed E-state index contributed by atoms with van der Waals surface area (Å²) in [6.45, 7) is 3.11. The van der Waals surface area contributed by atoms with E-state index in [1.54, 1.807) is 24.3 Å². The van der Waals surface area contributed by atoms with Gasteiger partial charge in [-0.15, -0.1) is 0 Å². The van der Waals surface area contributed by atoms with Crippen LogP contribution in [0.1, 0.15) is 24.1 Å². The summed E-state index contributed by atoms with van der Waals surface area (Å²) in [5, 5.41) is 13.0. The van der Waals surface area contributed by atoms with Gasteiger partial charge in [-0.05, 0) is 49.6 Å². The number of carbonyl (C=O) groups is 1. The number of anilines is 2. The molecule has 0 saturated carbocycles. The van der Waals surface area contributed by atoms with Gasteiger partial charge in [0.1, 0.15) is 6.07 Å². The van der Waals surface area contributed by atoms with Crippen molar-refractivity contribution < 1.29 is 13.6 Å². The molecule has 0 unspecified atom stereocenters. The van der Waals surface area contributed by atoms with Gasteiger partial charge >= 0.3 is 0 Å². The molecule has 1 saturated heterocycles. The smallest absolute Gasteiger partial charge is 0.266 e. The Labute approximate surface area is 172 Å². The standard InChI is InChI=1S/C21H19ClN4O3/c1-13-4-5-15(22)11-16(13)24-19(27)14-6-8-26(9-7-14)21-17(12-23)25-20(29-21)18-3-2-10-28-18/h2-5,10-11,14H,6-9H2,1H3,(H,24,27). The van der Waals surface area contributed by atoms with E-state index >= 15 is 0 Å². The number of benzene rings is 1. The van der Waals surface area contributed by atoms with Crippen molar-refractivity contribution in [3.8, 4) is 17.7 Å². The predicted octanol–water partition coefficient (Wildman–Crippen LogP) is 4.62. The number of halogens is 1. The van der Waals surface area contributed by atoms with E-state index in [0.29, 0.717) is 42.6 Å². The van der Waals surface area contributed by atoms with Crippen LogP contribution in [0.2, 0.25) is 5.02 Å². The molecule has 0 bridgehead atoms. The number of hydrogen-bond donors (Lipinski definition) is 1. The summed E-state index contributed by atoms with van der Waals surface area (Å²) in [5.41, 5.74) is 1.91. The SMILES string of the molecule is Cc1ccc(Cl)cc1NC(=O)C1CCN(c2oc(-c3ccco3)nc2C#N)CC1. The molecule has 148 valence electrons. The van der Waals surface area contributed by atoms with Crippen LogP contribution in [0.15, 0.2) is 45.4 Å². The molecule has 0 aliphatic carbocycles. The minimum Gasteiger partial charge on any atom is -0.459 e. The maximum absolute atomic E-state index is 12.7. The van der Waals surface area contributed by atoms with Crippen molar-refractivity contribution in [3.05, 3.63) is 52.9 Å². The molecule has 1 aliphatic rings. The molecule has 0 atom stereocenters. The lowest BCUT2D eigenvalue weighted by Gasteiger charge is -2.31. The maximum atomic E-state index is 12.7. The molecule has 29 heavy (non-hydrogen) atoms. The zero-order valence-corrected chi connectivity index (χ0v) is 16.6. The summed E-state index contributed by atoms with van der Waals surface area (Å²) < 4.78 is 11.1. The zero-order chi connectivity index (χ0) is 20.4. The minimum absolute atomic E-state index is 0.0237. The molecule has 0 radical (unpaired) electrons. The number of hydrogen-bond acceptors (Lipinski definition) is 6. The van der Waals surface area contributed by atoms with Crippen LogP contribution < -0.4 is 10.2 Å². The highest BCUT2D eigenvalue weighted by Crippen LogP contribution is 2.31. The molecular formula is C21H19ClN4O3. The Morgan fingerprint density at radius 1 is 1.34 bits per heavy atom. The summed E-state index contributed by atoms with van der Waals surface area (Å²) in [7, 11) is 0. The highest BCUT2D eigenvalue weighted by molar-refractivity contribution is 6.31. The van der Waals surface area contributed by atoms with Crippen molar-refractivity contribution in [2.24, 2.45) is 5.92 Å². The van der Waals surface area contributed by atoms with Crippen LogP contribution in [0, 0.1) is 24.2 Å². The molecular weight excluding hydrogens is 392 g/mol. The van der Waals surface area contributed by atoms with Crippen LogP contribution >= 0.6 is 11.6 Å². The van der Waals surface area contributed by atoms with Crippen LogP contribution in [0.4, 0.5) is 11.6 Å². The largest absolute Gasteiger partial charge is 0.459 e.